The Morgan fingerprint density at radius 3 is 2.04 bits per heavy atom. The van der Waals surface area contributed by atoms with Gasteiger partial charge in [-0.25, -0.2) is 0 Å². The molecule has 0 aromatic heterocycles. The molecule has 3 saturated carbocycles. The highest BCUT2D eigenvalue weighted by molar-refractivity contribution is 5.53. The number of carbonyl (C=O) groups excluding carboxylic acids is 1. The van der Waals surface area contributed by atoms with Crippen LogP contribution in [0.1, 0.15) is 96.8 Å². The SMILES string of the molecule is CCCCC[C@H]1CC[C@@H]2C[C@H](C3CCC(C=O)CC3)CC[C@H]2C1. The molecule has 3 aliphatic rings. The molecular weight excluding hydrogens is 280 g/mol. The molecule has 0 N–H and O–H groups in total. The summed E-state index contributed by atoms with van der Waals surface area (Å²) in [5, 5.41) is 0. The standard InChI is InChI=1S/C22H38O/c1-2-3-4-5-17-6-11-22-15-21(13-12-20(22)14-17)19-9-7-18(16-23)8-10-19/h16-22H,2-15H2,1H3/t17-,18?,19?,20-,21+,22+/m0/s1. The molecule has 0 heterocycles. The smallest absolute Gasteiger partial charge is 0.123 e. The number of fused-ring (bicyclic) bond motifs is 1. The highest BCUT2D eigenvalue weighted by Crippen LogP contribution is 2.49. The average Bonchev–Trinajstić information content (AvgIpc) is 2.61. The summed E-state index contributed by atoms with van der Waals surface area (Å²) in [4.78, 5) is 11.0. The van der Waals surface area contributed by atoms with Gasteiger partial charge in [0.1, 0.15) is 6.29 Å². The van der Waals surface area contributed by atoms with Crippen molar-refractivity contribution in [3.8, 4) is 0 Å². The topological polar surface area (TPSA) is 17.1 Å². The van der Waals surface area contributed by atoms with Crippen LogP contribution in [-0.2, 0) is 4.79 Å². The van der Waals surface area contributed by atoms with Gasteiger partial charge in [0.25, 0.3) is 0 Å². The molecule has 0 radical (unpaired) electrons. The summed E-state index contributed by atoms with van der Waals surface area (Å²) in [5.74, 6) is 5.52. The van der Waals surface area contributed by atoms with Gasteiger partial charge in [0.05, 0.1) is 0 Å². The van der Waals surface area contributed by atoms with Gasteiger partial charge in [-0.15, -0.1) is 0 Å². The summed E-state index contributed by atoms with van der Waals surface area (Å²) >= 11 is 0. The molecule has 0 aromatic carbocycles. The summed E-state index contributed by atoms with van der Waals surface area (Å²) in [5.41, 5.74) is 0. The Hall–Kier alpha value is -0.330. The summed E-state index contributed by atoms with van der Waals surface area (Å²) in [6, 6.07) is 0. The van der Waals surface area contributed by atoms with E-state index < -0.39 is 0 Å². The molecule has 0 aromatic rings. The second kappa shape index (κ2) is 8.67. The van der Waals surface area contributed by atoms with Gasteiger partial charge in [0.2, 0.25) is 0 Å². The number of unbranched alkanes of at least 4 members (excludes halogenated alkanes) is 2. The molecule has 132 valence electrons. The Labute approximate surface area is 144 Å². The Balaban J connectivity index is 1.43. The van der Waals surface area contributed by atoms with Gasteiger partial charge in [0, 0.05) is 5.92 Å². The lowest BCUT2D eigenvalue weighted by molar-refractivity contribution is -0.112. The maximum Gasteiger partial charge on any atom is 0.123 e. The molecule has 3 aliphatic carbocycles. The predicted octanol–water partition coefficient (Wildman–Crippen LogP) is 6.40. The lowest BCUT2D eigenvalue weighted by atomic mass is 9.60. The maximum atomic E-state index is 11.0. The van der Waals surface area contributed by atoms with Crippen molar-refractivity contribution >= 4 is 6.29 Å². The normalized spacial score (nSPS) is 41.3. The third-order valence-corrected chi connectivity index (χ3v) is 7.65. The van der Waals surface area contributed by atoms with Crippen molar-refractivity contribution in [2.45, 2.75) is 96.8 Å². The van der Waals surface area contributed by atoms with Crippen molar-refractivity contribution in [2.24, 2.45) is 35.5 Å². The molecule has 0 saturated heterocycles. The number of rotatable bonds is 6. The van der Waals surface area contributed by atoms with Crippen molar-refractivity contribution in [3.63, 3.8) is 0 Å². The van der Waals surface area contributed by atoms with Gasteiger partial charge in [-0.3, -0.25) is 0 Å². The number of hydrogen-bond donors (Lipinski definition) is 0. The third kappa shape index (κ3) is 4.60. The molecule has 1 heteroatoms. The molecule has 1 nitrogen and oxygen atoms in total. The first-order valence-electron chi connectivity index (χ1n) is 10.8. The van der Waals surface area contributed by atoms with Crippen molar-refractivity contribution < 1.29 is 4.79 Å². The lowest BCUT2D eigenvalue weighted by Gasteiger charge is -2.45. The van der Waals surface area contributed by atoms with E-state index in [1.165, 1.54) is 89.8 Å². The van der Waals surface area contributed by atoms with E-state index in [0.717, 1.165) is 29.6 Å². The van der Waals surface area contributed by atoms with Crippen LogP contribution in [0, 0.1) is 35.5 Å². The quantitative estimate of drug-likeness (QED) is 0.409. The van der Waals surface area contributed by atoms with Crippen molar-refractivity contribution in [1.82, 2.24) is 0 Å². The molecule has 0 aliphatic heterocycles. The fraction of sp³-hybridized carbons (Fsp3) is 0.955. The zero-order valence-electron chi connectivity index (χ0n) is 15.3. The lowest BCUT2D eigenvalue weighted by Crippen LogP contribution is -2.34. The molecule has 23 heavy (non-hydrogen) atoms. The van der Waals surface area contributed by atoms with Gasteiger partial charge in [-0.2, -0.15) is 0 Å². The molecule has 3 rings (SSSR count). The predicted molar refractivity (Wildman–Crippen MR) is 97.3 cm³/mol. The first-order valence-corrected chi connectivity index (χ1v) is 10.8. The van der Waals surface area contributed by atoms with Gasteiger partial charge >= 0.3 is 0 Å². The number of carbonyl (C=O) groups is 1. The summed E-state index contributed by atoms with van der Waals surface area (Å²) < 4.78 is 0. The van der Waals surface area contributed by atoms with E-state index in [9.17, 15) is 4.79 Å². The molecule has 0 bridgehead atoms. The minimum Gasteiger partial charge on any atom is -0.303 e. The zero-order valence-corrected chi connectivity index (χ0v) is 15.3. The van der Waals surface area contributed by atoms with E-state index >= 15 is 0 Å². The van der Waals surface area contributed by atoms with Crippen LogP contribution in [0.3, 0.4) is 0 Å². The van der Waals surface area contributed by atoms with Crippen LogP contribution >= 0.6 is 0 Å². The van der Waals surface area contributed by atoms with Crippen LogP contribution in [0.15, 0.2) is 0 Å². The van der Waals surface area contributed by atoms with Gasteiger partial charge in [-0.1, -0.05) is 39.0 Å². The number of hydrogen-bond acceptors (Lipinski definition) is 1. The first-order chi connectivity index (χ1) is 11.3. The minimum atomic E-state index is 0.390. The summed E-state index contributed by atoms with van der Waals surface area (Å²) in [6.45, 7) is 2.32. The second-order valence-corrected chi connectivity index (χ2v) is 9.08. The van der Waals surface area contributed by atoms with Crippen molar-refractivity contribution in [2.75, 3.05) is 0 Å². The van der Waals surface area contributed by atoms with E-state index in [1.807, 2.05) is 0 Å². The Kier molecular flexibility index (Phi) is 6.60. The van der Waals surface area contributed by atoms with Crippen LogP contribution in [-0.4, -0.2) is 6.29 Å². The highest BCUT2D eigenvalue weighted by atomic mass is 16.1. The largest absolute Gasteiger partial charge is 0.303 e. The number of aldehydes is 1. The van der Waals surface area contributed by atoms with Crippen molar-refractivity contribution in [1.29, 1.82) is 0 Å². The van der Waals surface area contributed by atoms with E-state index in [1.54, 1.807) is 6.42 Å². The van der Waals surface area contributed by atoms with E-state index in [4.69, 9.17) is 0 Å². The van der Waals surface area contributed by atoms with E-state index in [-0.39, 0.29) is 0 Å². The Morgan fingerprint density at radius 2 is 1.35 bits per heavy atom. The first kappa shape index (κ1) is 17.5. The van der Waals surface area contributed by atoms with E-state index in [0.29, 0.717) is 5.92 Å². The molecular formula is C22H38O. The molecule has 3 fully saturated rings. The monoisotopic (exact) mass is 318 g/mol. The van der Waals surface area contributed by atoms with Crippen molar-refractivity contribution in [3.05, 3.63) is 0 Å². The molecule has 0 spiro atoms. The Morgan fingerprint density at radius 1 is 0.739 bits per heavy atom. The zero-order chi connectivity index (χ0) is 16.1. The van der Waals surface area contributed by atoms with Crippen LogP contribution in [0.4, 0.5) is 0 Å². The maximum absolute atomic E-state index is 11.0. The summed E-state index contributed by atoms with van der Waals surface area (Å²) in [7, 11) is 0. The van der Waals surface area contributed by atoms with Crippen LogP contribution in [0.5, 0.6) is 0 Å². The summed E-state index contributed by atoms with van der Waals surface area (Å²) in [6.07, 6.45) is 21.2. The van der Waals surface area contributed by atoms with Crippen LogP contribution in [0.2, 0.25) is 0 Å². The van der Waals surface area contributed by atoms with E-state index in [2.05, 4.69) is 6.92 Å². The molecule has 4 atom stereocenters. The molecule has 0 unspecified atom stereocenters. The fourth-order valence-electron chi connectivity index (χ4n) is 6.15. The Bertz CT molecular complexity index is 355. The van der Waals surface area contributed by atoms with Crippen LogP contribution < -0.4 is 0 Å². The third-order valence-electron chi connectivity index (χ3n) is 7.65. The van der Waals surface area contributed by atoms with Gasteiger partial charge in [0.15, 0.2) is 0 Å². The molecule has 0 amide bonds. The fourth-order valence-corrected chi connectivity index (χ4v) is 6.15. The van der Waals surface area contributed by atoms with Crippen LogP contribution in [0.25, 0.3) is 0 Å². The van der Waals surface area contributed by atoms with Gasteiger partial charge in [-0.05, 0) is 87.4 Å². The second-order valence-electron chi connectivity index (χ2n) is 9.08. The minimum absolute atomic E-state index is 0.390. The highest BCUT2D eigenvalue weighted by Gasteiger charge is 2.38. The van der Waals surface area contributed by atoms with Gasteiger partial charge < -0.3 is 4.79 Å². The average molecular weight is 319 g/mol.